The third-order valence-corrected chi connectivity index (χ3v) is 1.23. The largest absolute Gasteiger partial charge is 0.328 e. The molecule has 8 heavy (non-hydrogen) atoms. The van der Waals surface area contributed by atoms with Crippen molar-refractivity contribution in [2.75, 3.05) is 13.2 Å². The van der Waals surface area contributed by atoms with Crippen LogP contribution >= 0.6 is 0 Å². The third kappa shape index (κ3) is 1.78. The molecule has 1 heterocycles. The van der Waals surface area contributed by atoms with Crippen molar-refractivity contribution in [1.29, 1.82) is 0 Å². The molecular formula is C5H11NO2. The Bertz CT molecular complexity index is 59.4. The van der Waals surface area contributed by atoms with Crippen LogP contribution in [0.5, 0.6) is 0 Å². The summed E-state index contributed by atoms with van der Waals surface area (Å²) < 4.78 is 0. The average molecular weight is 117 g/mol. The van der Waals surface area contributed by atoms with Gasteiger partial charge in [0.1, 0.15) is 0 Å². The van der Waals surface area contributed by atoms with Crippen molar-refractivity contribution in [2.24, 2.45) is 5.73 Å². The Hall–Kier alpha value is -0.120. The van der Waals surface area contributed by atoms with Crippen LogP contribution in [0.4, 0.5) is 0 Å². The van der Waals surface area contributed by atoms with E-state index < -0.39 is 0 Å². The lowest BCUT2D eigenvalue weighted by Crippen LogP contribution is -2.20. The van der Waals surface area contributed by atoms with Crippen LogP contribution in [-0.2, 0) is 9.78 Å². The molecule has 0 radical (unpaired) electrons. The summed E-state index contributed by atoms with van der Waals surface area (Å²) in [5.74, 6) is 0. The summed E-state index contributed by atoms with van der Waals surface area (Å²) in [5.41, 5.74) is 5.57. The van der Waals surface area contributed by atoms with Gasteiger partial charge in [-0.3, -0.25) is 0 Å². The zero-order valence-corrected chi connectivity index (χ0v) is 4.80. The van der Waals surface area contributed by atoms with Gasteiger partial charge in [0.2, 0.25) is 0 Å². The Balaban J connectivity index is 2.17. The molecule has 0 amide bonds. The highest BCUT2D eigenvalue weighted by atomic mass is 17.2. The molecule has 0 aromatic carbocycles. The summed E-state index contributed by atoms with van der Waals surface area (Å²) in [4.78, 5) is 9.37. The van der Waals surface area contributed by atoms with Crippen molar-refractivity contribution in [2.45, 2.75) is 18.9 Å². The molecule has 3 nitrogen and oxygen atoms in total. The maximum Gasteiger partial charge on any atom is 0.0837 e. The standard InChI is InChI=1S/C5H11NO2/c6-5-1-3-7-8-4-2-5/h5H,1-4,6H2. The maximum atomic E-state index is 5.57. The van der Waals surface area contributed by atoms with E-state index in [9.17, 15) is 0 Å². The molecule has 0 bridgehead atoms. The molecule has 0 aromatic heterocycles. The molecule has 0 aliphatic carbocycles. The van der Waals surface area contributed by atoms with E-state index in [1.165, 1.54) is 0 Å². The van der Waals surface area contributed by atoms with E-state index in [-0.39, 0.29) is 6.04 Å². The molecule has 1 rings (SSSR count). The monoisotopic (exact) mass is 117 g/mol. The smallest absolute Gasteiger partial charge is 0.0837 e. The van der Waals surface area contributed by atoms with Crippen molar-refractivity contribution >= 4 is 0 Å². The second-order valence-electron chi connectivity index (χ2n) is 1.98. The highest BCUT2D eigenvalue weighted by Gasteiger charge is 2.06. The molecule has 48 valence electrons. The second kappa shape index (κ2) is 3.02. The third-order valence-electron chi connectivity index (χ3n) is 1.23. The number of hydrogen-bond donors (Lipinski definition) is 1. The van der Waals surface area contributed by atoms with E-state index >= 15 is 0 Å². The van der Waals surface area contributed by atoms with Gasteiger partial charge in [-0.15, -0.1) is 0 Å². The average Bonchev–Trinajstić information content (AvgIpc) is 1.94. The first-order valence-electron chi connectivity index (χ1n) is 2.89. The van der Waals surface area contributed by atoms with Crippen molar-refractivity contribution in [3.63, 3.8) is 0 Å². The van der Waals surface area contributed by atoms with Gasteiger partial charge in [-0.05, 0) is 12.8 Å². The molecule has 0 aromatic rings. The van der Waals surface area contributed by atoms with Crippen molar-refractivity contribution < 1.29 is 9.78 Å². The molecule has 1 aliphatic heterocycles. The Morgan fingerprint density at radius 2 is 1.62 bits per heavy atom. The van der Waals surface area contributed by atoms with Crippen molar-refractivity contribution in [3.05, 3.63) is 0 Å². The minimum Gasteiger partial charge on any atom is -0.328 e. The van der Waals surface area contributed by atoms with Crippen LogP contribution in [0, 0.1) is 0 Å². The second-order valence-corrected chi connectivity index (χ2v) is 1.98. The van der Waals surface area contributed by atoms with Gasteiger partial charge in [-0.2, -0.15) is 0 Å². The maximum absolute atomic E-state index is 5.57. The fraction of sp³-hybridized carbons (Fsp3) is 1.00. The first-order valence-corrected chi connectivity index (χ1v) is 2.89. The topological polar surface area (TPSA) is 44.5 Å². The molecule has 1 aliphatic rings. The minimum atomic E-state index is 0.275. The van der Waals surface area contributed by atoms with Crippen LogP contribution in [0.25, 0.3) is 0 Å². The van der Waals surface area contributed by atoms with E-state index in [0.717, 1.165) is 12.8 Å². The molecule has 1 saturated heterocycles. The van der Waals surface area contributed by atoms with E-state index in [4.69, 9.17) is 5.73 Å². The van der Waals surface area contributed by atoms with Crippen molar-refractivity contribution in [3.8, 4) is 0 Å². The molecule has 0 unspecified atom stereocenters. The van der Waals surface area contributed by atoms with Gasteiger partial charge in [0.05, 0.1) is 13.2 Å². The highest BCUT2D eigenvalue weighted by Crippen LogP contribution is 2.00. The summed E-state index contributed by atoms with van der Waals surface area (Å²) in [6.07, 6.45) is 1.83. The lowest BCUT2D eigenvalue weighted by Gasteiger charge is -2.00. The van der Waals surface area contributed by atoms with Crippen LogP contribution in [0.15, 0.2) is 0 Å². The summed E-state index contributed by atoms with van der Waals surface area (Å²) in [7, 11) is 0. The van der Waals surface area contributed by atoms with E-state index in [1.54, 1.807) is 0 Å². The first-order chi connectivity index (χ1) is 3.89. The summed E-state index contributed by atoms with van der Waals surface area (Å²) in [5, 5.41) is 0. The van der Waals surface area contributed by atoms with Gasteiger partial charge in [0, 0.05) is 6.04 Å². The van der Waals surface area contributed by atoms with Gasteiger partial charge < -0.3 is 5.73 Å². The number of hydrogen-bond acceptors (Lipinski definition) is 3. The van der Waals surface area contributed by atoms with Gasteiger partial charge in [0.15, 0.2) is 0 Å². The summed E-state index contributed by atoms with van der Waals surface area (Å²) in [6, 6.07) is 0.275. The molecular weight excluding hydrogens is 106 g/mol. The predicted octanol–water partition coefficient (Wildman–Crippen LogP) is 0.0557. The Kier molecular flexibility index (Phi) is 2.27. The first kappa shape index (κ1) is 6.01. The SMILES string of the molecule is NC1CCOOCC1. The predicted molar refractivity (Wildman–Crippen MR) is 29.1 cm³/mol. The molecule has 3 heteroatoms. The molecule has 2 N–H and O–H groups in total. The van der Waals surface area contributed by atoms with Crippen LogP contribution in [-0.4, -0.2) is 19.3 Å². The van der Waals surface area contributed by atoms with Gasteiger partial charge in [-0.1, -0.05) is 0 Å². The molecule has 1 fully saturated rings. The lowest BCUT2D eigenvalue weighted by molar-refractivity contribution is -0.287. The molecule has 0 spiro atoms. The number of nitrogens with two attached hydrogens (primary N) is 1. The molecule has 0 atom stereocenters. The zero-order valence-electron chi connectivity index (χ0n) is 4.80. The molecule has 0 saturated carbocycles. The summed E-state index contributed by atoms with van der Waals surface area (Å²) >= 11 is 0. The van der Waals surface area contributed by atoms with E-state index in [0.29, 0.717) is 13.2 Å². The van der Waals surface area contributed by atoms with Crippen LogP contribution in [0.2, 0.25) is 0 Å². The van der Waals surface area contributed by atoms with Crippen LogP contribution < -0.4 is 5.73 Å². The van der Waals surface area contributed by atoms with Crippen molar-refractivity contribution in [1.82, 2.24) is 0 Å². The number of rotatable bonds is 0. The summed E-state index contributed by atoms with van der Waals surface area (Å²) in [6.45, 7) is 1.28. The lowest BCUT2D eigenvalue weighted by atomic mass is 10.2. The van der Waals surface area contributed by atoms with Gasteiger partial charge >= 0.3 is 0 Å². The Morgan fingerprint density at radius 3 is 2.12 bits per heavy atom. The van der Waals surface area contributed by atoms with E-state index in [1.807, 2.05) is 0 Å². The van der Waals surface area contributed by atoms with Gasteiger partial charge in [-0.25, -0.2) is 9.78 Å². The normalized spacial score (nSPS) is 25.1. The minimum absolute atomic E-state index is 0.275. The fourth-order valence-electron chi connectivity index (χ4n) is 0.661. The highest BCUT2D eigenvalue weighted by molar-refractivity contribution is 4.60. The Morgan fingerprint density at radius 1 is 1.12 bits per heavy atom. The quantitative estimate of drug-likeness (QED) is 0.456. The van der Waals surface area contributed by atoms with Crippen LogP contribution in [0.1, 0.15) is 12.8 Å². The van der Waals surface area contributed by atoms with Gasteiger partial charge in [0.25, 0.3) is 0 Å². The zero-order chi connectivity index (χ0) is 5.82. The van der Waals surface area contributed by atoms with Crippen LogP contribution in [0.3, 0.4) is 0 Å². The Labute approximate surface area is 48.7 Å². The fourth-order valence-corrected chi connectivity index (χ4v) is 0.661. The van der Waals surface area contributed by atoms with E-state index in [2.05, 4.69) is 9.78 Å².